The smallest absolute Gasteiger partial charge is 0.243 e. The van der Waals surface area contributed by atoms with E-state index in [1.54, 1.807) is 6.92 Å². The molecule has 0 heterocycles. The van der Waals surface area contributed by atoms with Crippen molar-refractivity contribution < 1.29 is 17.6 Å². The highest BCUT2D eigenvalue weighted by atomic mass is 32.2. The Morgan fingerprint density at radius 2 is 2.05 bits per heavy atom. The molecule has 112 valence electrons. The van der Waals surface area contributed by atoms with Gasteiger partial charge in [0.2, 0.25) is 15.9 Å². The Labute approximate surface area is 117 Å². The minimum Gasteiger partial charge on any atom is -0.398 e. The first kappa shape index (κ1) is 16.4. The Balaban J connectivity index is 3.07. The number of sulfonamides is 1. The van der Waals surface area contributed by atoms with Crippen LogP contribution in [0.15, 0.2) is 17.0 Å². The summed E-state index contributed by atoms with van der Waals surface area (Å²) in [5.41, 5.74) is 5.81. The average Bonchev–Trinajstić information content (AvgIpc) is 2.35. The van der Waals surface area contributed by atoms with Crippen molar-refractivity contribution in [3.63, 3.8) is 0 Å². The number of nitrogens with one attached hydrogen (secondary N) is 1. The first-order chi connectivity index (χ1) is 9.20. The van der Waals surface area contributed by atoms with Crippen LogP contribution in [0.4, 0.5) is 10.1 Å². The second-order valence-corrected chi connectivity index (χ2v) is 6.38. The zero-order valence-corrected chi connectivity index (χ0v) is 12.4. The molecule has 1 amide bonds. The van der Waals surface area contributed by atoms with Crippen LogP contribution in [-0.4, -0.2) is 38.8 Å². The summed E-state index contributed by atoms with van der Waals surface area (Å²) in [6, 6.07) is 2.08. The largest absolute Gasteiger partial charge is 0.398 e. The number of benzene rings is 1. The molecule has 0 fully saturated rings. The fourth-order valence-electron chi connectivity index (χ4n) is 1.54. The van der Waals surface area contributed by atoms with Crippen LogP contribution >= 0.6 is 0 Å². The third kappa shape index (κ3) is 3.45. The number of hydrogen-bond acceptors (Lipinski definition) is 4. The summed E-state index contributed by atoms with van der Waals surface area (Å²) in [5, 5.41) is 2.49. The maximum Gasteiger partial charge on any atom is 0.243 e. The van der Waals surface area contributed by atoms with Crippen molar-refractivity contribution in [3.8, 4) is 0 Å². The van der Waals surface area contributed by atoms with Gasteiger partial charge >= 0.3 is 0 Å². The monoisotopic (exact) mass is 303 g/mol. The number of hydrogen-bond donors (Lipinski definition) is 2. The number of likely N-dealkylation sites (N-methyl/N-ethyl adjacent to an activating group) is 2. The molecular formula is C12H18FN3O3S. The maximum absolute atomic E-state index is 13.6. The minimum atomic E-state index is -3.96. The van der Waals surface area contributed by atoms with Gasteiger partial charge in [0.1, 0.15) is 5.82 Å². The number of anilines is 1. The van der Waals surface area contributed by atoms with Crippen molar-refractivity contribution in [1.29, 1.82) is 0 Å². The van der Waals surface area contributed by atoms with Crippen molar-refractivity contribution in [1.82, 2.24) is 9.62 Å². The van der Waals surface area contributed by atoms with E-state index in [2.05, 4.69) is 5.32 Å². The molecule has 3 N–H and O–H groups in total. The van der Waals surface area contributed by atoms with Crippen LogP contribution in [0.1, 0.15) is 12.5 Å². The molecule has 0 spiro atoms. The number of nitrogens with two attached hydrogens (primary N) is 1. The Hall–Kier alpha value is -1.67. The lowest BCUT2D eigenvalue weighted by atomic mass is 10.2. The van der Waals surface area contributed by atoms with Crippen LogP contribution in [0.2, 0.25) is 0 Å². The van der Waals surface area contributed by atoms with Gasteiger partial charge in [-0.25, -0.2) is 12.8 Å². The van der Waals surface area contributed by atoms with Gasteiger partial charge in [0.15, 0.2) is 0 Å². The topological polar surface area (TPSA) is 92.5 Å². The summed E-state index contributed by atoms with van der Waals surface area (Å²) in [5.74, 6) is -1.13. The van der Waals surface area contributed by atoms with Crippen LogP contribution in [0.25, 0.3) is 0 Å². The van der Waals surface area contributed by atoms with Crippen LogP contribution in [0, 0.1) is 12.7 Å². The third-order valence-corrected chi connectivity index (χ3v) is 4.59. The van der Waals surface area contributed by atoms with E-state index in [9.17, 15) is 17.6 Å². The van der Waals surface area contributed by atoms with Crippen LogP contribution in [0.5, 0.6) is 0 Å². The number of amides is 1. The van der Waals surface area contributed by atoms with Gasteiger partial charge in [0.05, 0.1) is 11.4 Å². The number of nitrogens with zero attached hydrogens (tertiary/aromatic N) is 1. The summed E-state index contributed by atoms with van der Waals surface area (Å²) in [6.07, 6.45) is 0. The number of carbonyl (C=O) groups excluding carboxylic acids is 1. The summed E-state index contributed by atoms with van der Waals surface area (Å²) < 4.78 is 38.8. The van der Waals surface area contributed by atoms with Gasteiger partial charge in [-0.1, -0.05) is 0 Å². The predicted molar refractivity (Wildman–Crippen MR) is 74.0 cm³/mol. The highest BCUT2D eigenvalue weighted by Crippen LogP contribution is 2.22. The quantitative estimate of drug-likeness (QED) is 0.774. The Kier molecular flexibility index (Phi) is 5.07. The van der Waals surface area contributed by atoms with Crippen molar-refractivity contribution >= 4 is 21.6 Å². The van der Waals surface area contributed by atoms with Crippen LogP contribution in [0.3, 0.4) is 0 Å². The molecule has 0 radical (unpaired) electrons. The van der Waals surface area contributed by atoms with Crippen LogP contribution in [-0.2, 0) is 14.8 Å². The second-order valence-electron chi connectivity index (χ2n) is 4.33. The van der Waals surface area contributed by atoms with E-state index in [4.69, 9.17) is 5.73 Å². The van der Waals surface area contributed by atoms with Crippen LogP contribution < -0.4 is 11.1 Å². The molecule has 0 aromatic heterocycles. The summed E-state index contributed by atoms with van der Waals surface area (Å²) in [7, 11) is -2.71. The minimum absolute atomic E-state index is 0.0509. The molecule has 8 heteroatoms. The van der Waals surface area contributed by atoms with E-state index < -0.39 is 21.7 Å². The van der Waals surface area contributed by atoms with E-state index in [0.717, 1.165) is 10.4 Å². The van der Waals surface area contributed by atoms with E-state index >= 15 is 0 Å². The Morgan fingerprint density at radius 3 is 2.55 bits per heavy atom. The number of nitrogen functional groups attached to an aromatic ring is 1. The van der Waals surface area contributed by atoms with Gasteiger partial charge in [-0.2, -0.15) is 4.31 Å². The predicted octanol–water partition coefficient (Wildman–Crippen LogP) is 0.473. The molecule has 0 saturated carbocycles. The van der Waals surface area contributed by atoms with Gasteiger partial charge in [-0.05, 0) is 26.0 Å². The molecular weight excluding hydrogens is 285 g/mol. The second kappa shape index (κ2) is 6.19. The standard InChI is InChI=1S/C12H18FN3O3S/c1-4-15-12(17)7-16(3)20(18,19)9-5-10(13)8(2)11(14)6-9/h5-6H,4,7,14H2,1-3H3,(H,15,17). The molecule has 0 aliphatic carbocycles. The van der Waals surface area contributed by atoms with Gasteiger partial charge in [0, 0.05) is 24.8 Å². The fraction of sp³-hybridized carbons (Fsp3) is 0.417. The van der Waals surface area contributed by atoms with E-state index in [-0.39, 0.29) is 22.7 Å². The lowest BCUT2D eigenvalue weighted by Gasteiger charge is -2.17. The van der Waals surface area contributed by atoms with Crippen molar-refractivity contribution in [2.24, 2.45) is 0 Å². The molecule has 0 atom stereocenters. The zero-order valence-electron chi connectivity index (χ0n) is 11.6. The molecule has 1 rings (SSSR count). The number of halogens is 1. The molecule has 1 aromatic carbocycles. The Morgan fingerprint density at radius 1 is 1.45 bits per heavy atom. The summed E-state index contributed by atoms with van der Waals surface area (Å²) >= 11 is 0. The van der Waals surface area contributed by atoms with Gasteiger partial charge in [0.25, 0.3) is 0 Å². The van der Waals surface area contributed by atoms with E-state index in [1.165, 1.54) is 20.0 Å². The zero-order chi connectivity index (χ0) is 15.5. The maximum atomic E-state index is 13.6. The first-order valence-corrected chi connectivity index (χ1v) is 7.42. The van der Waals surface area contributed by atoms with Crippen molar-refractivity contribution in [2.75, 3.05) is 25.9 Å². The molecule has 0 saturated heterocycles. The molecule has 0 bridgehead atoms. The molecule has 0 unspecified atom stereocenters. The van der Waals surface area contributed by atoms with Gasteiger partial charge < -0.3 is 11.1 Å². The molecule has 20 heavy (non-hydrogen) atoms. The van der Waals surface area contributed by atoms with E-state index in [0.29, 0.717) is 6.54 Å². The molecule has 6 nitrogen and oxygen atoms in total. The molecule has 1 aromatic rings. The number of carbonyl (C=O) groups is 1. The summed E-state index contributed by atoms with van der Waals surface area (Å²) in [6.45, 7) is 3.24. The normalized spacial score (nSPS) is 11.7. The van der Waals surface area contributed by atoms with Crippen molar-refractivity contribution in [3.05, 3.63) is 23.5 Å². The highest BCUT2D eigenvalue weighted by Gasteiger charge is 2.24. The summed E-state index contributed by atoms with van der Waals surface area (Å²) in [4.78, 5) is 11.1. The van der Waals surface area contributed by atoms with E-state index in [1.807, 2.05) is 0 Å². The fourth-order valence-corrected chi connectivity index (χ4v) is 2.72. The first-order valence-electron chi connectivity index (χ1n) is 5.98. The number of rotatable bonds is 5. The average molecular weight is 303 g/mol. The third-order valence-electron chi connectivity index (χ3n) is 2.81. The SMILES string of the molecule is CCNC(=O)CN(C)S(=O)(=O)c1cc(N)c(C)c(F)c1. The molecule has 0 aliphatic heterocycles. The molecule has 0 aliphatic rings. The van der Waals surface area contributed by atoms with Gasteiger partial charge in [-0.3, -0.25) is 4.79 Å². The lowest BCUT2D eigenvalue weighted by molar-refractivity contribution is -0.121. The lowest BCUT2D eigenvalue weighted by Crippen LogP contribution is -2.38. The van der Waals surface area contributed by atoms with Crippen molar-refractivity contribution in [2.45, 2.75) is 18.7 Å². The van der Waals surface area contributed by atoms with Gasteiger partial charge in [-0.15, -0.1) is 0 Å². The highest BCUT2D eigenvalue weighted by molar-refractivity contribution is 7.89. The Bertz CT molecular complexity index is 593.